The Bertz CT molecular complexity index is 371. The van der Waals surface area contributed by atoms with E-state index in [1.165, 1.54) is 0 Å². The largest absolute Gasteiger partial charge is 0.481 e. The Morgan fingerprint density at radius 1 is 1.35 bits per heavy atom. The maximum absolute atomic E-state index is 11.1. The minimum atomic E-state index is -0.785. The lowest BCUT2D eigenvalue weighted by Crippen LogP contribution is -2.18. The molecule has 1 aromatic rings. The van der Waals surface area contributed by atoms with Crippen molar-refractivity contribution in [2.75, 3.05) is 0 Å². The third-order valence-electron chi connectivity index (χ3n) is 2.85. The van der Waals surface area contributed by atoms with Crippen LogP contribution in [0.15, 0.2) is 24.3 Å². The van der Waals surface area contributed by atoms with Crippen molar-refractivity contribution in [3.8, 4) is 0 Å². The lowest BCUT2D eigenvalue weighted by molar-refractivity contribution is -0.142. The smallest absolute Gasteiger partial charge is 0.306 e. The van der Waals surface area contributed by atoms with Crippen LogP contribution in [0.2, 0.25) is 0 Å². The molecule has 2 N–H and O–H groups in total. The molecule has 0 aromatic heterocycles. The van der Waals surface area contributed by atoms with E-state index < -0.39 is 18.0 Å². The maximum Gasteiger partial charge on any atom is 0.306 e. The van der Waals surface area contributed by atoms with E-state index in [9.17, 15) is 9.90 Å². The van der Waals surface area contributed by atoms with Crippen molar-refractivity contribution in [3.63, 3.8) is 0 Å². The number of aliphatic hydroxyl groups excluding tert-OH is 1. The third-order valence-corrected chi connectivity index (χ3v) is 2.85. The predicted molar refractivity (Wildman–Crippen MR) is 66.9 cm³/mol. The summed E-state index contributed by atoms with van der Waals surface area (Å²) in [6.45, 7) is 3.68. The molecule has 0 saturated carbocycles. The second-order valence-electron chi connectivity index (χ2n) is 4.65. The van der Waals surface area contributed by atoms with E-state index in [1.54, 1.807) is 6.92 Å². The van der Waals surface area contributed by atoms with Gasteiger partial charge in [-0.3, -0.25) is 4.79 Å². The number of benzene rings is 1. The van der Waals surface area contributed by atoms with Crippen molar-refractivity contribution < 1.29 is 15.0 Å². The first-order valence-electron chi connectivity index (χ1n) is 5.95. The van der Waals surface area contributed by atoms with Crippen LogP contribution in [0.4, 0.5) is 0 Å². The fraction of sp³-hybridized carbons (Fsp3) is 0.500. The zero-order valence-corrected chi connectivity index (χ0v) is 10.4. The number of hydrogen-bond donors (Lipinski definition) is 2. The SMILES string of the molecule is Cc1cccc(CC(CCC(C)O)C(=O)O)c1. The summed E-state index contributed by atoms with van der Waals surface area (Å²) >= 11 is 0. The molecule has 0 saturated heterocycles. The van der Waals surface area contributed by atoms with Crippen LogP contribution in [0.25, 0.3) is 0 Å². The number of carboxylic acid groups (broad SMARTS) is 1. The van der Waals surface area contributed by atoms with E-state index >= 15 is 0 Å². The van der Waals surface area contributed by atoms with Gasteiger partial charge in [0.1, 0.15) is 0 Å². The fourth-order valence-corrected chi connectivity index (χ4v) is 1.88. The average Bonchev–Trinajstić information content (AvgIpc) is 2.23. The van der Waals surface area contributed by atoms with Crippen molar-refractivity contribution in [3.05, 3.63) is 35.4 Å². The minimum Gasteiger partial charge on any atom is -0.481 e. The van der Waals surface area contributed by atoms with Gasteiger partial charge in [-0.1, -0.05) is 29.8 Å². The van der Waals surface area contributed by atoms with Crippen molar-refractivity contribution in [1.29, 1.82) is 0 Å². The molecule has 17 heavy (non-hydrogen) atoms. The standard InChI is InChI=1S/C14H20O3/c1-10-4-3-5-12(8-10)9-13(14(16)17)7-6-11(2)15/h3-5,8,11,13,15H,6-7,9H2,1-2H3,(H,16,17). The van der Waals surface area contributed by atoms with Crippen molar-refractivity contribution >= 4 is 5.97 Å². The number of aryl methyl sites for hydroxylation is 1. The quantitative estimate of drug-likeness (QED) is 0.797. The molecule has 1 aromatic carbocycles. The van der Waals surface area contributed by atoms with E-state index in [4.69, 9.17) is 5.11 Å². The number of carboxylic acids is 1. The normalized spacial score (nSPS) is 14.3. The molecule has 0 heterocycles. The Morgan fingerprint density at radius 3 is 2.59 bits per heavy atom. The van der Waals surface area contributed by atoms with Gasteiger partial charge >= 0.3 is 5.97 Å². The molecule has 0 aliphatic rings. The average molecular weight is 236 g/mol. The number of carbonyl (C=O) groups is 1. The van der Waals surface area contributed by atoms with Gasteiger partial charge in [0.25, 0.3) is 0 Å². The Hall–Kier alpha value is -1.35. The highest BCUT2D eigenvalue weighted by molar-refractivity contribution is 5.70. The van der Waals surface area contributed by atoms with Gasteiger partial charge in [0, 0.05) is 0 Å². The molecule has 0 spiro atoms. The summed E-state index contributed by atoms with van der Waals surface area (Å²) in [7, 11) is 0. The lowest BCUT2D eigenvalue weighted by Gasteiger charge is -2.13. The number of hydrogen-bond acceptors (Lipinski definition) is 2. The van der Waals surface area contributed by atoms with Crippen LogP contribution in [0.1, 0.15) is 30.9 Å². The Labute approximate surface area is 102 Å². The van der Waals surface area contributed by atoms with E-state index in [1.807, 2.05) is 31.2 Å². The topological polar surface area (TPSA) is 57.5 Å². The van der Waals surface area contributed by atoms with E-state index in [-0.39, 0.29) is 0 Å². The van der Waals surface area contributed by atoms with Gasteiger partial charge in [-0.05, 0) is 38.7 Å². The molecule has 0 bridgehead atoms. The first-order chi connectivity index (χ1) is 7.99. The molecule has 0 aliphatic heterocycles. The van der Waals surface area contributed by atoms with E-state index in [2.05, 4.69) is 0 Å². The van der Waals surface area contributed by atoms with Crippen LogP contribution in [-0.2, 0) is 11.2 Å². The van der Waals surface area contributed by atoms with Gasteiger partial charge in [-0.15, -0.1) is 0 Å². The lowest BCUT2D eigenvalue weighted by atomic mass is 9.93. The number of rotatable bonds is 6. The summed E-state index contributed by atoms with van der Waals surface area (Å²) in [4.78, 5) is 11.1. The summed E-state index contributed by atoms with van der Waals surface area (Å²) in [5.74, 6) is -1.20. The van der Waals surface area contributed by atoms with Crippen molar-refractivity contribution in [2.24, 2.45) is 5.92 Å². The summed E-state index contributed by atoms with van der Waals surface area (Å²) < 4.78 is 0. The van der Waals surface area contributed by atoms with Crippen LogP contribution >= 0.6 is 0 Å². The second-order valence-corrected chi connectivity index (χ2v) is 4.65. The highest BCUT2D eigenvalue weighted by Crippen LogP contribution is 2.16. The van der Waals surface area contributed by atoms with Crippen LogP contribution in [0.3, 0.4) is 0 Å². The van der Waals surface area contributed by atoms with Crippen LogP contribution < -0.4 is 0 Å². The van der Waals surface area contributed by atoms with Crippen LogP contribution in [0, 0.1) is 12.8 Å². The Balaban J connectivity index is 2.63. The van der Waals surface area contributed by atoms with Crippen LogP contribution in [-0.4, -0.2) is 22.3 Å². The third kappa shape index (κ3) is 5.00. The molecular weight excluding hydrogens is 216 g/mol. The van der Waals surface area contributed by atoms with Crippen molar-refractivity contribution in [1.82, 2.24) is 0 Å². The van der Waals surface area contributed by atoms with Gasteiger partial charge in [-0.25, -0.2) is 0 Å². The molecule has 94 valence electrons. The van der Waals surface area contributed by atoms with Gasteiger partial charge in [0.2, 0.25) is 0 Å². The molecule has 0 aliphatic carbocycles. The zero-order valence-electron chi connectivity index (χ0n) is 10.4. The molecule has 0 amide bonds. The van der Waals surface area contributed by atoms with Crippen LogP contribution in [0.5, 0.6) is 0 Å². The molecule has 0 radical (unpaired) electrons. The highest BCUT2D eigenvalue weighted by Gasteiger charge is 2.18. The molecule has 1 rings (SSSR count). The molecule has 2 unspecified atom stereocenters. The van der Waals surface area contributed by atoms with Gasteiger partial charge in [-0.2, -0.15) is 0 Å². The first kappa shape index (κ1) is 13.7. The predicted octanol–water partition coefficient (Wildman–Crippen LogP) is 2.40. The Morgan fingerprint density at radius 2 is 2.06 bits per heavy atom. The molecule has 3 heteroatoms. The number of aliphatic hydroxyl groups is 1. The molecule has 3 nitrogen and oxygen atoms in total. The molecule has 2 atom stereocenters. The second kappa shape index (κ2) is 6.40. The molecular formula is C14H20O3. The van der Waals surface area contributed by atoms with Gasteiger partial charge in [0.15, 0.2) is 0 Å². The minimum absolute atomic E-state index is 0.411. The maximum atomic E-state index is 11.1. The fourth-order valence-electron chi connectivity index (χ4n) is 1.88. The highest BCUT2D eigenvalue weighted by atomic mass is 16.4. The summed E-state index contributed by atoms with van der Waals surface area (Å²) in [5, 5.41) is 18.3. The van der Waals surface area contributed by atoms with Crippen molar-refractivity contribution in [2.45, 2.75) is 39.2 Å². The van der Waals surface area contributed by atoms with E-state index in [0.717, 1.165) is 11.1 Å². The van der Waals surface area contributed by atoms with Gasteiger partial charge in [0.05, 0.1) is 12.0 Å². The first-order valence-corrected chi connectivity index (χ1v) is 5.95. The number of aliphatic carboxylic acids is 1. The zero-order chi connectivity index (χ0) is 12.8. The molecule has 0 fully saturated rings. The summed E-state index contributed by atoms with van der Waals surface area (Å²) in [6, 6.07) is 7.90. The Kier molecular flexibility index (Phi) is 5.16. The summed E-state index contributed by atoms with van der Waals surface area (Å²) in [6.07, 6.45) is 1.14. The van der Waals surface area contributed by atoms with Gasteiger partial charge < -0.3 is 10.2 Å². The monoisotopic (exact) mass is 236 g/mol. The summed E-state index contributed by atoms with van der Waals surface area (Å²) in [5.41, 5.74) is 2.19. The van der Waals surface area contributed by atoms with E-state index in [0.29, 0.717) is 19.3 Å².